The molecule has 94 valence electrons. The predicted octanol–water partition coefficient (Wildman–Crippen LogP) is 2.48. The molecule has 0 aromatic carbocycles. The maximum absolute atomic E-state index is 11.7. The van der Waals surface area contributed by atoms with Gasteiger partial charge in [0.1, 0.15) is 0 Å². The summed E-state index contributed by atoms with van der Waals surface area (Å²) >= 11 is 1.55. The fourth-order valence-corrected chi connectivity index (χ4v) is 3.03. The van der Waals surface area contributed by atoms with Gasteiger partial charge in [-0.15, -0.1) is 11.3 Å². The van der Waals surface area contributed by atoms with E-state index in [1.807, 2.05) is 17.5 Å². The summed E-state index contributed by atoms with van der Waals surface area (Å²) < 4.78 is 0. The minimum atomic E-state index is -0.445. The van der Waals surface area contributed by atoms with Gasteiger partial charge < -0.3 is 10.4 Å². The minimum Gasteiger partial charge on any atom is -0.388 e. The number of rotatable bonds is 5. The molecular weight excluding hydrogens is 234 g/mol. The molecule has 1 unspecified atom stereocenters. The van der Waals surface area contributed by atoms with Crippen molar-refractivity contribution in [2.45, 2.75) is 38.2 Å². The van der Waals surface area contributed by atoms with Gasteiger partial charge in [0.05, 0.1) is 6.10 Å². The van der Waals surface area contributed by atoms with Gasteiger partial charge in [0.25, 0.3) is 0 Å². The van der Waals surface area contributed by atoms with E-state index in [0.29, 0.717) is 13.0 Å². The number of aliphatic hydroxyl groups is 1. The molecule has 17 heavy (non-hydrogen) atoms. The van der Waals surface area contributed by atoms with Crippen LogP contribution < -0.4 is 5.32 Å². The number of nitrogens with one attached hydrogen (secondary N) is 1. The Hall–Kier alpha value is -0.870. The van der Waals surface area contributed by atoms with Crippen LogP contribution in [0.25, 0.3) is 0 Å². The average Bonchev–Trinajstić information content (AvgIpc) is 3.02. The first kappa shape index (κ1) is 12.6. The molecule has 2 rings (SSSR count). The van der Waals surface area contributed by atoms with E-state index in [9.17, 15) is 9.90 Å². The third kappa shape index (κ3) is 3.54. The van der Waals surface area contributed by atoms with Crippen molar-refractivity contribution in [2.24, 2.45) is 5.92 Å². The molecule has 1 atom stereocenters. The Morgan fingerprint density at radius 1 is 1.53 bits per heavy atom. The third-order valence-electron chi connectivity index (χ3n) is 3.31. The van der Waals surface area contributed by atoms with Crippen LogP contribution in [0, 0.1) is 5.92 Å². The first-order chi connectivity index (χ1) is 8.27. The lowest BCUT2D eigenvalue weighted by Gasteiger charge is -2.12. The highest BCUT2D eigenvalue weighted by Gasteiger charge is 2.22. The minimum absolute atomic E-state index is 0.167. The fourth-order valence-electron chi connectivity index (χ4n) is 2.29. The fraction of sp³-hybridized carbons (Fsp3) is 0.615. The first-order valence-electron chi connectivity index (χ1n) is 6.26. The molecule has 1 fully saturated rings. The summed E-state index contributed by atoms with van der Waals surface area (Å²) in [5.74, 6) is 0.384. The summed E-state index contributed by atoms with van der Waals surface area (Å²) in [4.78, 5) is 12.7. The standard InChI is InChI=1S/C13H19NO2S/c15-11(12-6-3-9-17-12)7-8-14-13(16)10-4-1-2-5-10/h3,6,9-11,15H,1-2,4-5,7-8H2,(H,14,16). The van der Waals surface area contributed by atoms with Crippen molar-refractivity contribution in [1.29, 1.82) is 0 Å². The summed E-state index contributed by atoms with van der Waals surface area (Å²) in [7, 11) is 0. The summed E-state index contributed by atoms with van der Waals surface area (Å²) in [5, 5.41) is 14.7. The van der Waals surface area contributed by atoms with Crippen LogP contribution in [-0.4, -0.2) is 17.6 Å². The van der Waals surface area contributed by atoms with Crippen LogP contribution in [-0.2, 0) is 4.79 Å². The van der Waals surface area contributed by atoms with E-state index >= 15 is 0 Å². The van der Waals surface area contributed by atoms with E-state index in [2.05, 4.69) is 5.32 Å². The second-order valence-corrected chi connectivity index (χ2v) is 5.57. The van der Waals surface area contributed by atoms with Crippen LogP contribution in [0.1, 0.15) is 43.1 Å². The Labute approximate surface area is 106 Å². The van der Waals surface area contributed by atoms with Crippen LogP contribution in [0.2, 0.25) is 0 Å². The molecule has 1 aromatic rings. The van der Waals surface area contributed by atoms with Gasteiger partial charge in [0.2, 0.25) is 5.91 Å². The Balaban J connectivity index is 1.67. The first-order valence-corrected chi connectivity index (χ1v) is 7.14. The lowest BCUT2D eigenvalue weighted by molar-refractivity contribution is -0.124. The monoisotopic (exact) mass is 253 g/mol. The van der Waals surface area contributed by atoms with Gasteiger partial charge in [-0.1, -0.05) is 18.9 Å². The maximum atomic E-state index is 11.7. The number of aliphatic hydroxyl groups excluding tert-OH is 1. The largest absolute Gasteiger partial charge is 0.388 e. The molecule has 0 aliphatic heterocycles. The average molecular weight is 253 g/mol. The normalized spacial score (nSPS) is 18.2. The second kappa shape index (κ2) is 6.17. The smallest absolute Gasteiger partial charge is 0.223 e. The van der Waals surface area contributed by atoms with Gasteiger partial charge in [-0.05, 0) is 30.7 Å². The SMILES string of the molecule is O=C(NCCC(O)c1cccs1)C1CCCC1. The van der Waals surface area contributed by atoms with Crippen molar-refractivity contribution < 1.29 is 9.90 Å². The van der Waals surface area contributed by atoms with E-state index in [1.165, 1.54) is 12.8 Å². The molecule has 4 heteroatoms. The molecular formula is C13H19NO2S. The molecule has 1 aliphatic rings. The maximum Gasteiger partial charge on any atom is 0.223 e. The quantitative estimate of drug-likeness (QED) is 0.847. The molecule has 1 heterocycles. The van der Waals surface area contributed by atoms with Crippen LogP contribution in [0.15, 0.2) is 17.5 Å². The molecule has 0 radical (unpaired) electrons. The molecule has 1 amide bonds. The second-order valence-electron chi connectivity index (χ2n) is 4.59. The molecule has 2 N–H and O–H groups in total. The van der Waals surface area contributed by atoms with Gasteiger partial charge in [0.15, 0.2) is 0 Å². The molecule has 1 aliphatic carbocycles. The summed E-state index contributed by atoms with van der Waals surface area (Å²) in [6, 6.07) is 3.86. The van der Waals surface area contributed by atoms with Crippen LogP contribution >= 0.6 is 11.3 Å². The molecule has 1 aromatic heterocycles. The lowest BCUT2D eigenvalue weighted by Crippen LogP contribution is -2.30. The Morgan fingerprint density at radius 3 is 2.94 bits per heavy atom. The van der Waals surface area contributed by atoms with Crippen LogP contribution in [0.5, 0.6) is 0 Å². The van der Waals surface area contributed by atoms with Gasteiger partial charge in [-0.25, -0.2) is 0 Å². The Bertz CT molecular complexity index is 344. The van der Waals surface area contributed by atoms with E-state index in [1.54, 1.807) is 11.3 Å². The zero-order valence-electron chi connectivity index (χ0n) is 9.89. The molecule has 0 saturated heterocycles. The van der Waals surface area contributed by atoms with Gasteiger partial charge in [0, 0.05) is 17.3 Å². The molecule has 0 bridgehead atoms. The van der Waals surface area contributed by atoms with Crippen molar-refractivity contribution in [3.63, 3.8) is 0 Å². The number of thiophene rings is 1. The molecule has 3 nitrogen and oxygen atoms in total. The Kier molecular flexibility index (Phi) is 4.57. The number of amides is 1. The van der Waals surface area contributed by atoms with E-state index in [4.69, 9.17) is 0 Å². The van der Waals surface area contributed by atoms with Crippen LogP contribution in [0.3, 0.4) is 0 Å². The number of hydrogen-bond donors (Lipinski definition) is 2. The van der Waals surface area contributed by atoms with Crippen molar-refractivity contribution in [2.75, 3.05) is 6.54 Å². The number of hydrogen-bond acceptors (Lipinski definition) is 3. The summed E-state index contributed by atoms with van der Waals surface area (Å²) in [5.41, 5.74) is 0. The van der Waals surface area contributed by atoms with Crippen molar-refractivity contribution in [1.82, 2.24) is 5.32 Å². The molecule has 0 spiro atoms. The number of carbonyl (C=O) groups excluding carboxylic acids is 1. The van der Waals surface area contributed by atoms with E-state index in [-0.39, 0.29) is 11.8 Å². The van der Waals surface area contributed by atoms with E-state index in [0.717, 1.165) is 17.7 Å². The van der Waals surface area contributed by atoms with E-state index < -0.39 is 6.10 Å². The van der Waals surface area contributed by atoms with Gasteiger partial charge in [-0.3, -0.25) is 4.79 Å². The summed E-state index contributed by atoms with van der Waals surface area (Å²) in [6.45, 7) is 0.564. The highest BCUT2D eigenvalue weighted by Crippen LogP contribution is 2.25. The highest BCUT2D eigenvalue weighted by molar-refractivity contribution is 7.10. The third-order valence-corrected chi connectivity index (χ3v) is 4.29. The molecule has 1 saturated carbocycles. The van der Waals surface area contributed by atoms with Crippen molar-refractivity contribution in [3.8, 4) is 0 Å². The zero-order chi connectivity index (χ0) is 12.1. The summed E-state index contributed by atoms with van der Waals surface area (Å²) in [6.07, 6.45) is 4.56. The number of carbonyl (C=O) groups is 1. The van der Waals surface area contributed by atoms with Crippen LogP contribution in [0.4, 0.5) is 0 Å². The van der Waals surface area contributed by atoms with Gasteiger partial charge in [-0.2, -0.15) is 0 Å². The Morgan fingerprint density at radius 2 is 2.29 bits per heavy atom. The zero-order valence-corrected chi connectivity index (χ0v) is 10.7. The van der Waals surface area contributed by atoms with Crippen molar-refractivity contribution >= 4 is 17.2 Å². The van der Waals surface area contributed by atoms with Crippen molar-refractivity contribution in [3.05, 3.63) is 22.4 Å². The highest BCUT2D eigenvalue weighted by atomic mass is 32.1. The lowest BCUT2D eigenvalue weighted by atomic mass is 10.1. The van der Waals surface area contributed by atoms with Gasteiger partial charge >= 0.3 is 0 Å². The topological polar surface area (TPSA) is 49.3 Å². The predicted molar refractivity (Wildman–Crippen MR) is 68.9 cm³/mol.